The molecule has 140 valence electrons. The summed E-state index contributed by atoms with van der Waals surface area (Å²) in [7, 11) is 0. The van der Waals surface area contributed by atoms with Crippen LogP contribution >= 0.6 is 0 Å². The summed E-state index contributed by atoms with van der Waals surface area (Å²) in [5, 5.41) is 0. The fourth-order valence-corrected chi connectivity index (χ4v) is 3.39. The van der Waals surface area contributed by atoms with Crippen LogP contribution in [0.3, 0.4) is 0 Å². The van der Waals surface area contributed by atoms with Gasteiger partial charge in [0.1, 0.15) is 0 Å². The fraction of sp³-hybridized carbons (Fsp3) is 0.308. The molecule has 3 aromatic rings. The number of rotatable bonds is 7. The lowest BCUT2D eigenvalue weighted by atomic mass is 9.82. The standard InChI is InChI=1S/C26H31N/c1-5-10-21-13-17-24(18-14-21)27(23-11-8-7-9-12-23)25-19-15-22(16-20-25)26(3,4)6-2/h7-9,11-20H,5-6,10H2,1-4H3. The van der Waals surface area contributed by atoms with Crippen LogP contribution in [0.1, 0.15) is 51.7 Å². The Morgan fingerprint density at radius 1 is 0.667 bits per heavy atom. The van der Waals surface area contributed by atoms with Gasteiger partial charge >= 0.3 is 0 Å². The Morgan fingerprint density at radius 2 is 1.19 bits per heavy atom. The van der Waals surface area contributed by atoms with Crippen molar-refractivity contribution in [2.24, 2.45) is 0 Å². The number of hydrogen-bond acceptors (Lipinski definition) is 1. The van der Waals surface area contributed by atoms with Crippen LogP contribution < -0.4 is 4.90 Å². The molecule has 0 aliphatic rings. The van der Waals surface area contributed by atoms with Crippen molar-refractivity contribution in [1.82, 2.24) is 0 Å². The van der Waals surface area contributed by atoms with E-state index in [1.165, 1.54) is 34.6 Å². The molecule has 0 aliphatic heterocycles. The first-order valence-corrected chi connectivity index (χ1v) is 10.1. The van der Waals surface area contributed by atoms with Gasteiger partial charge in [-0.2, -0.15) is 0 Å². The lowest BCUT2D eigenvalue weighted by Gasteiger charge is -2.28. The van der Waals surface area contributed by atoms with Gasteiger partial charge < -0.3 is 4.90 Å². The molecule has 0 N–H and O–H groups in total. The summed E-state index contributed by atoms with van der Waals surface area (Å²) in [5.74, 6) is 0. The Hall–Kier alpha value is -2.54. The quantitative estimate of drug-likeness (QED) is 0.417. The van der Waals surface area contributed by atoms with Gasteiger partial charge in [0.25, 0.3) is 0 Å². The zero-order valence-electron chi connectivity index (χ0n) is 17.1. The van der Waals surface area contributed by atoms with Crippen LogP contribution in [0.5, 0.6) is 0 Å². The molecular weight excluding hydrogens is 326 g/mol. The van der Waals surface area contributed by atoms with Gasteiger partial charge in [0.05, 0.1) is 0 Å². The first-order chi connectivity index (χ1) is 13.0. The van der Waals surface area contributed by atoms with Crippen LogP contribution in [0.2, 0.25) is 0 Å². The molecule has 0 amide bonds. The van der Waals surface area contributed by atoms with Gasteiger partial charge in [0.2, 0.25) is 0 Å². The van der Waals surface area contributed by atoms with Crippen LogP contribution in [-0.2, 0) is 11.8 Å². The van der Waals surface area contributed by atoms with Crippen molar-refractivity contribution < 1.29 is 0 Å². The Labute approximate surface area is 164 Å². The molecule has 1 heteroatoms. The summed E-state index contributed by atoms with van der Waals surface area (Å²) in [6.07, 6.45) is 3.44. The van der Waals surface area contributed by atoms with Gasteiger partial charge in [-0.05, 0) is 65.8 Å². The van der Waals surface area contributed by atoms with Crippen molar-refractivity contribution in [3.63, 3.8) is 0 Å². The van der Waals surface area contributed by atoms with Crippen LogP contribution in [0.25, 0.3) is 0 Å². The molecule has 0 radical (unpaired) electrons. The molecule has 0 aliphatic carbocycles. The summed E-state index contributed by atoms with van der Waals surface area (Å²) < 4.78 is 0. The minimum atomic E-state index is 0.206. The third-order valence-corrected chi connectivity index (χ3v) is 5.54. The molecule has 3 rings (SSSR count). The normalized spacial score (nSPS) is 11.4. The molecule has 0 bridgehead atoms. The van der Waals surface area contributed by atoms with Crippen LogP contribution in [-0.4, -0.2) is 0 Å². The minimum Gasteiger partial charge on any atom is -0.311 e. The Morgan fingerprint density at radius 3 is 1.70 bits per heavy atom. The number of para-hydroxylation sites is 1. The second-order valence-corrected chi connectivity index (χ2v) is 7.87. The second kappa shape index (κ2) is 8.43. The molecule has 0 fully saturated rings. The van der Waals surface area contributed by atoms with E-state index in [2.05, 4.69) is 111 Å². The third-order valence-electron chi connectivity index (χ3n) is 5.54. The van der Waals surface area contributed by atoms with Crippen LogP contribution in [0.4, 0.5) is 17.1 Å². The second-order valence-electron chi connectivity index (χ2n) is 7.87. The highest BCUT2D eigenvalue weighted by molar-refractivity contribution is 5.76. The number of benzene rings is 3. The zero-order valence-corrected chi connectivity index (χ0v) is 17.1. The molecule has 0 aromatic heterocycles. The van der Waals surface area contributed by atoms with Crippen LogP contribution in [0.15, 0.2) is 78.9 Å². The van der Waals surface area contributed by atoms with E-state index in [0.29, 0.717) is 0 Å². The molecule has 27 heavy (non-hydrogen) atoms. The summed E-state index contributed by atoms with van der Waals surface area (Å²) in [5.41, 5.74) is 6.57. The van der Waals surface area contributed by atoms with Crippen LogP contribution in [0, 0.1) is 0 Å². The van der Waals surface area contributed by atoms with Crippen molar-refractivity contribution >= 4 is 17.1 Å². The summed E-state index contributed by atoms with van der Waals surface area (Å²) in [6.45, 7) is 9.10. The van der Waals surface area contributed by atoms with Crippen molar-refractivity contribution in [1.29, 1.82) is 0 Å². The molecular formula is C26H31N. The molecule has 3 aromatic carbocycles. The van der Waals surface area contributed by atoms with Gasteiger partial charge in [0, 0.05) is 17.1 Å². The van der Waals surface area contributed by atoms with Gasteiger partial charge in [0.15, 0.2) is 0 Å². The maximum Gasteiger partial charge on any atom is 0.0461 e. The average Bonchev–Trinajstić information content (AvgIpc) is 2.71. The first kappa shape index (κ1) is 19.2. The van der Waals surface area contributed by atoms with Crippen molar-refractivity contribution in [2.75, 3.05) is 4.90 Å². The summed E-state index contributed by atoms with van der Waals surface area (Å²) in [6, 6.07) is 28.6. The summed E-state index contributed by atoms with van der Waals surface area (Å²) in [4.78, 5) is 2.33. The number of hydrogen-bond donors (Lipinski definition) is 0. The topological polar surface area (TPSA) is 3.24 Å². The van der Waals surface area contributed by atoms with Gasteiger partial charge in [-0.25, -0.2) is 0 Å². The van der Waals surface area contributed by atoms with Crippen molar-refractivity contribution in [3.05, 3.63) is 90.0 Å². The third kappa shape index (κ3) is 4.42. The van der Waals surface area contributed by atoms with Gasteiger partial charge in [-0.15, -0.1) is 0 Å². The van der Waals surface area contributed by atoms with Crippen molar-refractivity contribution in [2.45, 2.75) is 52.4 Å². The number of aryl methyl sites for hydroxylation is 1. The molecule has 0 spiro atoms. The average molecular weight is 358 g/mol. The van der Waals surface area contributed by atoms with E-state index in [0.717, 1.165) is 12.8 Å². The van der Waals surface area contributed by atoms with E-state index in [4.69, 9.17) is 0 Å². The maximum absolute atomic E-state index is 2.33. The number of anilines is 3. The predicted octanol–water partition coefficient (Wildman–Crippen LogP) is 7.80. The summed E-state index contributed by atoms with van der Waals surface area (Å²) >= 11 is 0. The highest BCUT2D eigenvalue weighted by atomic mass is 15.1. The van der Waals surface area contributed by atoms with Gasteiger partial charge in [-0.3, -0.25) is 0 Å². The maximum atomic E-state index is 2.33. The van der Waals surface area contributed by atoms with E-state index >= 15 is 0 Å². The first-order valence-electron chi connectivity index (χ1n) is 10.1. The van der Waals surface area contributed by atoms with E-state index in [9.17, 15) is 0 Å². The Bertz CT molecular complexity index is 830. The molecule has 0 heterocycles. The highest BCUT2D eigenvalue weighted by Crippen LogP contribution is 2.36. The fourth-order valence-electron chi connectivity index (χ4n) is 3.39. The zero-order chi connectivity index (χ0) is 19.3. The predicted molar refractivity (Wildman–Crippen MR) is 118 cm³/mol. The number of nitrogens with zero attached hydrogens (tertiary/aromatic N) is 1. The van der Waals surface area contributed by atoms with Gasteiger partial charge in [-0.1, -0.05) is 76.6 Å². The minimum absolute atomic E-state index is 0.206. The SMILES string of the molecule is CCCc1ccc(N(c2ccccc2)c2ccc(C(C)(C)CC)cc2)cc1. The Balaban J connectivity index is 2.00. The lowest BCUT2D eigenvalue weighted by Crippen LogP contribution is -2.16. The van der Waals surface area contributed by atoms with Crippen molar-refractivity contribution in [3.8, 4) is 0 Å². The molecule has 0 atom stereocenters. The largest absolute Gasteiger partial charge is 0.311 e. The molecule has 0 unspecified atom stereocenters. The lowest BCUT2D eigenvalue weighted by molar-refractivity contribution is 0.506. The van der Waals surface area contributed by atoms with E-state index < -0.39 is 0 Å². The Kier molecular flexibility index (Phi) is 6.01. The smallest absolute Gasteiger partial charge is 0.0461 e. The van der Waals surface area contributed by atoms with E-state index in [-0.39, 0.29) is 5.41 Å². The molecule has 1 nitrogen and oxygen atoms in total. The monoisotopic (exact) mass is 357 g/mol. The van der Waals surface area contributed by atoms with E-state index in [1.807, 2.05) is 0 Å². The van der Waals surface area contributed by atoms with E-state index in [1.54, 1.807) is 0 Å². The molecule has 0 saturated carbocycles. The molecule has 0 saturated heterocycles. The highest BCUT2D eigenvalue weighted by Gasteiger charge is 2.19.